The third-order valence-electron chi connectivity index (χ3n) is 3.36. The first kappa shape index (κ1) is 15.8. The number of methoxy groups -OCH3 is 1. The summed E-state index contributed by atoms with van der Waals surface area (Å²) in [7, 11) is 1.55. The highest BCUT2D eigenvalue weighted by Crippen LogP contribution is 2.15. The number of nitrogens with zero attached hydrogens (tertiary/aromatic N) is 1. The number of imide groups is 1. The lowest BCUT2D eigenvalue weighted by Crippen LogP contribution is -2.38. The Hall–Kier alpha value is -2.57. The maximum atomic E-state index is 12.0. The molecule has 1 aliphatic rings. The van der Waals surface area contributed by atoms with Gasteiger partial charge in [0.25, 0.3) is 5.91 Å². The quantitative estimate of drug-likeness (QED) is 0.777. The van der Waals surface area contributed by atoms with Gasteiger partial charge in [0.1, 0.15) is 18.3 Å². The fourth-order valence-corrected chi connectivity index (χ4v) is 2.23. The lowest BCUT2D eigenvalue weighted by Gasteiger charge is -2.13. The van der Waals surface area contributed by atoms with Gasteiger partial charge >= 0.3 is 6.03 Å². The number of anilines is 1. The second kappa shape index (κ2) is 6.93. The summed E-state index contributed by atoms with van der Waals surface area (Å²) in [6.45, 7) is 1.63. The van der Waals surface area contributed by atoms with Crippen molar-refractivity contribution in [3.63, 3.8) is 0 Å². The molecule has 0 aliphatic carbocycles. The molecule has 0 spiro atoms. The van der Waals surface area contributed by atoms with Gasteiger partial charge in [0.15, 0.2) is 0 Å². The van der Waals surface area contributed by atoms with Crippen LogP contribution in [0.5, 0.6) is 5.75 Å². The van der Waals surface area contributed by atoms with Gasteiger partial charge in [-0.15, -0.1) is 0 Å². The van der Waals surface area contributed by atoms with Gasteiger partial charge in [-0.2, -0.15) is 0 Å². The smallest absolute Gasteiger partial charge is 0.325 e. The van der Waals surface area contributed by atoms with Gasteiger partial charge in [0.2, 0.25) is 5.91 Å². The zero-order valence-electron chi connectivity index (χ0n) is 12.6. The lowest BCUT2D eigenvalue weighted by molar-refractivity contribution is -0.130. The SMILES string of the molecule is CCCC1NC(=O)N(CC(=O)Nc2ccc(OC)cc2)C1=O. The number of carbonyl (C=O) groups is 3. The Kier molecular flexibility index (Phi) is 4.98. The van der Waals surface area contributed by atoms with E-state index in [1.54, 1.807) is 31.4 Å². The van der Waals surface area contributed by atoms with E-state index < -0.39 is 18.0 Å². The van der Waals surface area contributed by atoms with Gasteiger partial charge in [-0.3, -0.25) is 14.5 Å². The van der Waals surface area contributed by atoms with E-state index in [9.17, 15) is 14.4 Å². The Morgan fingerprint density at radius 2 is 2.00 bits per heavy atom. The molecule has 2 N–H and O–H groups in total. The minimum Gasteiger partial charge on any atom is -0.497 e. The van der Waals surface area contributed by atoms with Crippen molar-refractivity contribution < 1.29 is 19.1 Å². The van der Waals surface area contributed by atoms with Crippen molar-refractivity contribution in [3.8, 4) is 5.75 Å². The minimum absolute atomic E-state index is 0.295. The Balaban J connectivity index is 1.93. The van der Waals surface area contributed by atoms with Crippen LogP contribution in [0.25, 0.3) is 0 Å². The third kappa shape index (κ3) is 3.55. The van der Waals surface area contributed by atoms with Crippen molar-refractivity contribution in [2.45, 2.75) is 25.8 Å². The highest BCUT2D eigenvalue weighted by molar-refractivity contribution is 6.07. The predicted molar refractivity (Wildman–Crippen MR) is 80.6 cm³/mol. The summed E-state index contributed by atoms with van der Waals surface area (Å²) in [6.07, 6.45) is 1.35. The molecule has 1 aliphatic heterocycles. The summed E-state index contributed by atoms with van der Waals surface area (Å²) < 4.78 is 5.03. The molecular weight excluding hydrogens is 286 g/mol. The van der Waals surface area contributed by atoms with Gasteiger partial charge in [0.05, 0.1) is 7.11 Å². The summed E-state index contributed by atoms with van der Waals surface area (Å²) >= 11 is 0. The van der Waals surface area contributed by atoms with Crippen LogP contribution in [0.4, 0.5) is 10.5 Å². The Morgan fingerprint density at radius 1 is 1.32 bits per heavy atom. The fraction of sp³-hybridized carbons (Fsp3) is 0.400. The third-order valence-corrected chi connectivity index (χ3v) is 3.36. The first-order valence-corrected chi connectivity index (χ1v) is 7.11. The fourth-order valence-electron chi connectivity index (χ4n) is 2.23. The number of rotatable bonds is 6. The largest absolute Gasteiger partial charge is 0.497 e. The molecule has 1 aromatic rings. The maximum absolute atomic E-state index is 12.0. The van der Waals surface area contributed by atoms with E-state index in [0.29, 0.717) is 17.9 Å². The Morgan fingerprint density at radius 3 is 2.59 bits per heavy atom. The van der Waals surface area contributed by atoms with E-state index in [1.807, 2.05) is 6.92 Å². The molecule has 7 nitrogen and oxygen atoms in total. The first-order valence-electron chi connectivity index (χ1n) is 7.11. The molecule has 1 aromatic carbocycles. The highest BCUT2D eigenvalue weighted by atomic mass is 16.5. The van der Waals surface area contributed by atoms with Crippen LogP contribution in [-0.4, -0.2) is 42.4 Å². The average molecular weight is 305 g/mol. The van der Waals surface area contributed by atoms with Crippen molar-refractivity contribution >= 4 is 23.5 Å². The monoisotopic (exact) mass is 305 g/mol. The molecule has 7 heteroatoms. The molecule has 1 atom stereocenters. The van der Waals surface area contributed by atoms with Crippen LogP contribution in [0, 0.1) is 0 Å². The topological polar surface area (TPSA) is 87.7 Å². The number of carbonyl (C=O) groups excluding carboxylic acids is 3. The van der Waals surface area contributed by atoms with Crippen LogP contribution < -0.4 is 15.4 Å². The molecule has 22 heavy (non-hydrogen) atoms. The van der Waals surface area contributed by atoms with Crippen LogP contribution in [0.3, 0.4) is 0 Å². The van der Waals surface area contributed by atoms with E-state index in [4.69, 9.17) is 4.74 Å². The summed E-state index contributed by atoms with van der Waals surface area (Å²) in [4.78, 5) is 36.7. The number of amides is 4. The second-order valence-corrected chi connectivity index (χ2v) is 4.99. The standard InChI is InChI=1S/C15H19N3O4/c1-3-4-12-14(20)18(15(21)17-12)9-13(19)16-10-5-7-11(22-2)8-6-10/h5-8,12H,3-4,9H2,1-2H3,(H,16,19)(H,17,21). The van der Waals surface area contributed by atoms with Crippen LogP contribution >= 0.6 is 0 Å². The van der Waals surface area contributed by atoms with Gasteiger partial charge < -0.3 is 15.4 Å². The normalized spacial score (nSPS) is 17.4. The molecule has 0 bridgehead atoms. The van der Waals surface area contributed by atoms with E-state index in [0.717, 1.165) is 11.3 Å². The molecule has 1 unspecified atom stereocenters. The average Bonchev–Trinajstić information content (AvgIpc) is 2.76. The number of benzene rings is 1. The summed E-state index contributed by atoms with van der Waals surface area (Å²) in [5.41, 5.74) is 0.572. The zero-order chi connectivity index (χ0) is 16.1. The number of ether oxygens (including phenoxy) is 1. The first-order chi connectivity index (χ1) is 10.5. The number of nitrogens with one attached hydrogen (secondary N) is 2. The molecule has 1 heterocycles. The van der Waals surface area contributed by atoms with Crippen LogP contribution in [-0.2, 0) is 9.59 Å². The lowest BCUT2D eigenvalue weighted by atomic mass is 10.2. The van der Waals surface area contributed by atoms with Crippen LogP contribution in [0.1, 0.15) is 19.8 Å². The second-order valence-electron chi connectivity index (χ2n) is 4.99. The van der Waals surface area contributed by atoms with Crippen LogP contribution in [0.15, 0.2) is 24.3 Å². The zero-order valence-corrected chi connectivity index (χ0v) is 12.6. The van der Waals surface area contributed by atoms with E-state index in [1.165, 1.54) is 0 Å². The van der Waals surface area contributed by atoms with Crippen molar-refractivity contribution in [1.29, 1.82) is 0 Å². The molecular formula is C15H19N3O4. The molecule has 4 amide bonds. The summed E-state index contributed by atoms with van der Waals surface area (Å²) in [6, 6.07) is 5.74. The van der Waals surface area contributed by atoms with Crippen molar-refractivity contribution in [2.75, 3.05) is 19.0 Å². The summed E-state index contributed by atoms with van der Waals surface area (Å²) in [5, 5.41) is 5.22. The number of hydrogen-bond acceptors (Lipinski definition) is 4. The minimum atomic E-state index is -0.522. The van der Waals surface area contributed by atoms with Crippen molar-refractivity contribution in [1.82, 2.24) is 10.2 Å². The summed E-state index contributed by atoms with van der Waals surface area (Å²) in [5.74, 6) is -0.1000. The molecule has 0 saturated carbocycles. The van der Waals surface area contributed by atoms with E-state index in [2.05, 4.69) is 10.6 Å². The van der Waals surface area contributed by atoms with Gasteiger partial charge in [-0.05, 0) is 30.7 Å². The molecule has 1 saturated heterocycles. The van der Waals surface area contributed by atoms with Crippen molar-refractivity contribution in [2.24, 2.45) is 0 Å². The van der Waals surface area contributed by atoms with Crippen molar-refractivity contribution in [3.05, 3.63) is 24.3 Å². The Labute approximate surface area is 128 Å². The molecule has 1 fully saturated rings. The predicted octanol–water partition coefficient (Wildman–Crippen LogP) is 1.35. The van der Waals surface area contributed by atoms with E-state index in [-0.39, 0.29) is 12.5 Å². The van der Waals surface area contributed by atoms with E-state index >= 15 is 0 Å². The molecule has 2 rings (SSSR count). The van der Waals surface area contributed by atoms with Gasteiger partial charge in [0, 0.05) is 5.69 Å². The van der Waals surface area contributed by atoms with Gasteiger partial charge in [-0.25, -0.2) is 4.79 Å². The molecule has 118 valence electrons. The van der Waals surface area contributed by atoms with Gasteiger partial charge in [-0.1, -0.05) is 13.3 Å². The highest BCUT2D eigenvalue weighted by Gasteiger charge is 2.38. The number of urea groups is 1. The Bertz CT molecular complexity index is 571. The van der Waals surface area contributed by atoms with Crippen LogP contribution in [0.2, 0.25) is 0 Å². The molecule has 0 radical (unpaired) electrons. The maximum Gasteiger partial charge on any atom is 0.325 e. The molecule has 0 aromatic heterocycles. The number of hydrogen-bond donors (Lipinski definition) is 2.